The monoisotopic (exact) mass is 685 g/mol. The molecule has 0 aromatic carbocycles. The molecule has 10 nitrogen and oxygen atoms in total. The van der Waals surface area contributed by atoms with E-state index in [1.165, 1.54) is 0 Å². The maximum atomic E-state index is 9.76. The van der Waals surface area contributed by atoms with Crippen molar-refractivity contribution >= 4 is 0 Å². The van der Waals surface area contributed by atoms with Gasteiger partial charge < -0.3 is 48.6 Å². The summed E-state index contributed by atoms with van der Waals surface area (Å²) in [5.41, 5.74) is 0. The van der Waals surface area contributed by atoms with Gasteiger partial charge in [-0.1, -0.05) is 48.0 Å². The number of aliphatic hydroxyl groups excluding tert-OH is 6. The Labute approximate surface area is 293 Å². The molecular formula is C37H88N4O6+4. The largest absolute Gasteiger partial charge is 0.396 e. The van der Waals surface area contributed by atoms with Crippen molar-refractivity contribution < 1.29 is 48.6 Å². The molecule has 0 aliphatic carbocycles. The van der Waals surface area contributed by atoms with Crippen LogP contribution in [-0.4, -0.2) is 194 Å². The zero-order valence-electron chi connectivity index (χ0n) is 33.0. The summed E-state index contributed by atoms with van der Waals surface area (Å²) in [4.78, 5) is 0. The summed E-state index contributed by atoms with van der Waals surface area (Å²) < 4.78 is 3.64. The molecule has 0 heterocycles. The lowest BCUT2D eigenvalue weighted by Crippen LogP contribution is -2.64. The smallest absolute Gasteiger partial charge is 0.129 e. The van der Waals surface area contributed by atoms with Gasteiger partial charge in [-0.15, -0.1) is 0 Å². The first-order valence-electron chi connectivity index (χ1n) is 19.6. The van der Waals surface area contributed by atoms with Crippen molar-refractivity contribution in [1.82, 2.24) is 0 Å². The zero-order chi connectivity index (χ0) is 36.5. The van der Waals surface area contributed by atoms with E-state index < -0.39 is 0 Å². The highest BCUT2D eigenvalue weighted by Gasteiger charge is 2.38. The van der Waals surface area contributed by atoms with E-state index in [-0.39, 0.29) is 39.6 Å². The molecular weight excluding hydrogens is 596 g/mol. The number of hydrogen-bond acceptors (Lipinski definition) is 6. The van der Waals surface area contributed by atoms with E-state index in [1.54, 1.807) is 0 Å². The highest BCUT2D eigenvalue weighted by atomic mass is 16.3. The Morgan fingerprint density at radius 3 is 0.830 bits per heavy atom. The number of quaternary nitrogens is 4. The maximum absolute atomic E-state index is 9.76. The van der Waals surface area contributed by atoms with E-state index in [9.17, 15) is 30.6 Å². The number of likely N-dealkylation sites (N-methyl/N-ethyl adjacent to an activating group) is 2. The van der Waals surface area contributed by atoms with Crippen LogP contribution in [0.2, 0.25) is 0 Å². The molecule has 0 rings (SSSR count). The molecule has 0 radical (unpaired) electrons. The van der Waals surface area contributed by atoms with Crippen molar-refractivity contribution in [2.24, 2.45) is 0 Å². The number of hydrogen-bond donors (Lipinski definition) is 6. The van der Waals surface area contributed by atoms with Crippen LogP contribution in [0.25, 0.3) is 0 Å². The second kappa shape index (κ2) is 32.8. The summed E-state index contributed by atoms with van der Waals surface area (Å²) in [6, 6.07) is 0. The van der Waals surface area contributed by atoms with E-state index in [0.29, 0.717) is 0 Å². The molecule has 0 aromatic rings. The number of aliphatic hydroxyl groups is 6. The molecule has 0 atom stereocenters. The summed E-state index contributed by atoms with van der Waals surface area (Å²) in [5.74, 6) is 0. The highest BCUT2D eigenvalue weighted by molar-refractivity contribution is 4.55. The normalized spacial score (nSPS) is 12.4. The Morgan fingerprint density at radius 2 is 0.553 bits per heavy atom. The van der Waals surface area contributed by atoms with Crippen LogP contribution in [0.4, 0.5) is 0 Å². The fourth-order valence-corrected chi connectivity index (χ4v) is 6.93. The maximum Gasteiger partial charge on any atom is 0.129 e. The van der Waals surface area contributed by atoms with Gasteiger partial charge in [-0.05, 0) is 12.8 Å². The van der Waals surface area contributed by atoms with Crippen molar-refractivity contribution in [3.05, 3.63) is 0 Å². The number of unbranched alkanes of at least 4 members (excludes halogenated alkanes) is 1. The molecule has 0 aliphatic heterocycles. The molecule has 0 unspecified atom stereocenters. The summed E-state index contributed by atoms with van der Waals surface area (Å²) >= 11 is 0. The van der Waals surface area contributed by atoms with Gasteiger partial charge in [0.25, 0.3) is 0 Å². The topological polar surface area (TPSA) is 121 Å². The van der Waals surface area contributed by atoms with Crippen molar-refractivity contribution in [3.8, 4) is 0 Å². The molecule has 0 saturated heterocycles. The van der Waals surface area contributed by atoms with Crippen molar-refractivity contribution in [1.29, 1.82) is 0 Å². The van der Waals surface area contributed by atoms with E-state index in [4.69, 9.17) is 0 Å². The van der Waals surface area contributed by atoms with Gasteiger partial charge in [0.1, 0.15) is 39.3 Å². The predicted molar refractivity (Wildman–Crippen MR) is 199 cm³/mol. The minimum atomic E-state index is 0.182. The second-order valence-corrected chi connectivity index (χ2v) is 13.9. The van der Waals surface area contributed by atoms with Gasteiger partial charge in [0.15, 0.2) is 0 Å². The van der Waals surface area contributed by atoms with E-state index >= 15 is 0 Å². The lowest BCUT2D eigenvalue weighted by Gasteiger charge is -2.47. The average molecular weight is 685 g/mol. The molecule has 47 heavy (non-hydrogen) atoms. The summed E-state index contributed by atoms with van der Waals surface area (Å²) in [7, 11) is 4.56. The molecule has 0 aromatic heterocycles. The first-order chi connectivity index (χ1) is 22.6. The molecule has 0 aliphatic rings. The van der Waals surface area contributed by atoms with E-state index in [0.717, 1.165) is 167 Å². The highest BCUT2D eigenvalue weighted by Crippen LogP contribution is 2.20. The Kier molecular flexibility index (Phi) is 35.6. The van der Waals surface area contributed by atoms with Crippen molar-refractivity contribution in [3.63, 3.8) is 0 Å². The van der Waals surface area contributed by atoms with Crippen LogP contribution < -0.4 is 0 Å². The summed E-state index contributed by atoms with van der Waals surface area (Å²) in [5, 5.41) is 58.1. The van der Waals surface area contributed by atoms with Crippen LogP contribution in [0.3, 0.4) is 0 Å². The van der Waals surface area contributed by atoms with Gasteiger partial charge in [-0.3, -0.25) is 0 Å². The van der Waals surface area contributed by atoms with Gasteiger partial charge in [0, 0.05) is 78.2 Å². The molecule has 288 valence electrons. The fraction of sp³-hybridized carbons (Fsp3) is 1.00. The SMILES string of the molecule is CC.CC.CCCC[N+](CC[N+](C)(CCCO)CCCO)(CC[N+](C)(CCCO)CCCO)CC[N+](CCC)(CCCO)CCCO. The Morgan fingerprint density at radius 1 is 0.298 bits per heavy atom. The third-order valence-corrected chi connectivity index (χ3v) is 9.97. The fourth-order valence-electron chi connectivity index (χ4n) is 6.93. The predicted octanol–water partition coefficient (Wildman–Crippen LogP) is 3.07. The Hall–Kier alpha value is -0.400. The minimum absolute atomic E-state index is 0.182. The van der Waals surface area contributed by atoms with Crippen molar-refractivity contribution in [2.75, 3.05) is 145 Å². The summed E-state index contributed by atoms with van der Waals surface area (Å²) in [6.45, 7) is 27.3. The van der Waals surface area contributed by atoms with Crippen LogP contribution >= 0.6 is 0 Å². The molecule has 0 saturated carbocycles. The number of rotatable bonds is 32. The van der Waals surface area contributed by atoms with Gasteiger partial charge in [0.05, 0.1) is 66.5 Å². The first-order valence-corrected chi connectivity index (χ1v) is 19.6. The van der Waals surface area contributed by atoms with E-state index in [1.807, 2.05) is 27.7 Å². The standard InChI is InChI=1S/C33H76N4O6.2C2H6/c1-5-7-19-37(24-22-34(3,15-8-28-38)16-9-29-39,25-23-35(4,17-10-30-40)18-11-31-41)27-26-36(14-6-2,20-12-32-42)21-13-33-43;2*1-2/h38-43H,5-33H2,1-4H3;2*1-2H3/q+4;;. The minimum Gasteiger partial charge on any atom is -0.396 e. The zero-order valence-corrected chi connectivity index (χ0v) is 33.0. The van der Waals surface area contributed by atoms with Crippen LogP contribution in [0.1, 0.15) is 99.3 Å². The quantitative estimate of drug-likeness (QED) is 0.0607. The van der Waals surface area contributed by atoms with E-state index in [2.05, 4.69) is 27.9 Å². The molecule has 0 amide bonds. The van der Waals surface area contributed by atoms with Crippen LogP contribution in [-0.2, 0) is 0 Å². The van der Waals surface area contributed by atoms with Gasteiger partial charge in [-0.25, -0.2) is 0 Å². The van der Waals surface area contributed by atoms with Gasteiger partial charge in [0.2, 0.25) is 0 Å². The molecule has 0 bridgehead atoms. The average Bonchev–Trinajstić information content (AvgIpc) is 3.11. The van der Waals surface area contributed by atoms with Gasteiger partial charge >= 0.3 is 0 Å². The van der Waals surface area contributed by atoms with Crippen molar-refractivity contribution in [2.45, 2.75) is 99.3 Å². The van der Waals surface area contributed by atoms with Crippen LogP contribution in [0, 0.1) is 0 Å². The Bertz CT molecular complexity index is 590. The van der Waals surface area contributed by atoms with Crippen LogP contribution in [0.15, 0.2) is 0 Å². The Balaban J connectivity index is -0.00000464. The lowest BCUT2D eigenvalue weighted by molar-refractivity contribution is -1.01. The van der Waals surface area contributed by atoms with Gasteiger partial charge in [-0.2, -0.15) is 0 Å². The number of nitrogens with zero attached hydrogens (tertiary/aromatic N) is 4. The third-order valence-electron chi connectivity index (χ3n) is 9.97. The summed E-state index contributed by atoms with van der Waals surface area (Å²) in [6.07, 6.45) is 7.92. The molecule has 0 spiro atoms. The molecule has 10 heteroatoms. The molecule has 6 N–H and O–H groups in total. The first kappa shape index (κ1) is 51.0. The third kappa shape index (κ3) is 24.4. The lowest BCUT2D eigenvalue weighted by atomic mass is 10.1. The second-order valence-electron chi connectivity index (χ2n) is 13.9. The van der Waals surface area contributed by atoms with Crippen LogP contribution in [0.5, 0.6) is 0 Å². The molecule has 0 fully saturated rings.